The fourth-order valence-electron chi connectivity index (χ4n) is 2.99. The first kappa shape index (κ1) is 17.1. The van der Waals surface area contributed by atoms with Crippen molar-refractivity contribution in [1.82, 2.24) is 4.98 Å². The van der Waals surface area contributed by atoms with Crippen LogP contribution in [0.15, 0.2) is 48.8 Å². The van der Waals surface area contributed by atoms with Gasteiger partial charge in [0, 0.05) is 29.3 Å². The van der Waals surface area contributed by atoms with E-state index in [2.05, 4.69) is 15.6 Å². The summed E-state index contributed by atoms with van der Waals surface area (Å²) in [5, 5.41) is 16.0. The summed E-state index contributed by atoms with van der Waals surface area (Å²) in [7, 11) is 0. The van der Waals surface area contributed by atoms with Crippen molar-refractivity contribution in [3.8, 4) is 0 Å². The lowest BCUT2D eigenvalue weighted by Gasteiger charge is -2.30. The molecule has 0 spiro atoms. The quantitative estimate of drug-likeness (QED) is 0.798. The van der Waals surface area contributed by atoms with Crippen molar-refractivity contribution < 1.29 is 14.7 Å². The highest BCUT2D eigenvalue weighted by molar-refractivity contribution is 6.05. The number of aliphatic hydroxyl groups is 1. The molecule has 1 heterocycles. The van der Waals surface area contributed by atoms with Crippen LogP contribution in [0.4, 0.5) is 11.4 Å². The van der Waals surface area contributed by atoms with E-state index >= 15 is 0 Å². The maximum absolute atomic E-state index is 12.4. The average molecular weight is 339 g/mol. The van der Waals surface area contributed by atoms with Gasteiger partial charge in [0.1, 0.15) is 5.60 Å². The number of nitrogens with zero attached hydrogens (tertiary/aromatic N) is 1. The highest BCUT2D eigenvalue weighted by Crippen LogP contribution is 2.29. The Balaban J connectivity index is 1.68. The molecular weight excluding hydrogens is 318 g/mol. The van der Waals surface area contributed by atoms with Gasteiger partial charge in [0.15, 0.2) is 0 Å². The van der Waals surface area contributed by atoms with Crippen LogP contribution >= 0.6 is 0 Å². The molecule has 1 aliphatic rings. The molecule has 0 radical (unpaired) electrons. The molecule has 0 bridgehead atoms. The number of pyridine rings is 1. The molecule has 3 rings (SSSR count). The van der Waals surface area contributed by atoms with Crippen molar-refractivity contribution in [3.05, 3.63) is 54.4 Å². The van der Waals surface area contributed by atoms with E-state index in [4.69, 9.17) is 0 Å². The molecule has 1 aromatic heterocycles. The SMILES string of the molecule is O=C(Nc1ccncc1)c1cccc(NC(=O)C2(O)CCCCC2)c1. The molecule has 0 atom stereocenters. The second-order valence-electron chi connectivity index (χ2n) is 6.32. The lowest BCUT2D eigenvalue weighted by atomic mass is 9.84. The van der Waals surface area contributed by atoms with Gasteiger partial charge in [-0.05, 0) is 43.2 Å². The standard InChI is InChI=1S/C19H21N3O3/c23-17(21-15-7-11-20-12-8-15)14-5-4-6-16(13-14)22-18(24)19(25)9-2-1-3-10-19/h4-8,11-13,25H,1-3,9-10H2,(H,22,24)(H,20,21,23). The molecule has 0 saturated heterocycles. The smallest absolute Gasteiger partial charge is 0.256 e. The van der Waals surface area contributed by atoms with Crippen molar-refractivity contribution in [2.45, 2.75) is 37.7 Å². The van der Waals surface area contributed by atoms with Gasteiger partial charge in [-0.1, -0.05) is 25.3 Å². The number of anilines is 2. The highest BCUT2D eigenvalue weighted by atomic mass is 16.3. The molecular formula is C19H21N3O3. The number of aromatic nitrogens is 1. The summed E-state index contributed by atoms with van der Waals surface area (Å²) in [6.07, 6.45) is 6.87. The van der Waals surface area contributed by atoms with Crippen molar-refractivity contribution >= 4 is 23.2 Å². The molecule has 6 nitrogen and oxygen atoms in total. The molecule has 6 heteroatoms. The molecule has 1 saturated carbocycles. The molecule has 3 N–H and O–H groups in total. The van der Waals surface area contributed by atoms with Gasteiger partial charge in [-0.15, -0.1) is 0 Å². The van der Waals surface area contributed by atoms with E-state index in [1.165, 1.54) is 0 Å². The van der Waals surface area contributed by atoms with Crippen molar-refractivity contribution in [3.63, 3.8) is 0 Å². The summed E-state index contributed by atoms with van der Waals surface area (Å²) in [4.78, 5) is 28.6. The normalized spacial score (nSPS) is 16.0. The van der Waals surface area contributed by atoms with Gasteiger partial charge in [0.25, 0.3) is 11.8 Å². The largest absolute Gasteiger partial charge is 0.380 e. The summed E-state index contributed by atoms with van der Waals surface area (Å²) < 4.78 is 0. The van der Waals surface area contributed by atoms with Gasteiger partial charge in [-0.3, -0.25) is 14.6 Å². The highest BCUT2D eigenvalue weighted by Gasteiger charge is 2.37. The van der Waals surface area contributed by atoms with Gasteiger partial charge >= 0.3 is 0 Å². The van der Waals surface area contributed by atoms with Gasteiger partial charge in [0.05, 0.1) is 0 Å². The molecule has 130 valence electrons. The molecule has 1 aromatic carbocycles. The maximum Gasteiger partial charge on any atom is 0.256 e. The lowest BCUT2D eigenvalue weighted by molar-refractivity contribution is -0.137. The van der Waals surface area contributed by atoms with Crippen LogP contribution in [0.25, 0.3) is 0 Å². The molecule has 1 fully saturated rings. The van der Waals surface area contributed by atoms with Crippen LogP contribution in [0.2, 0.25) is 0 Å². The summed E-state index contributed by atoms with van der Waals surface area (Å²) in [6, 6.07) is 10.1. The van der Waals surface area contributed by atoms with Gasteiger partial charge < -0.3 is 15.7 Å². The van der Waals surface area contributed by atoms with Crippen LogP contribution in [0.5, 0.6) is 0 Å². The van der Waals surface area contributed by atoms with Gasteiger partial charge in [-0.2, -0.15) is 0 Å². The fourth-order valence-corrected chi connectivity index (χ4v) is 2.99. The number of amides is 2. The molecule has 0 aliphatic heterocycles. The Morgan fingerprint density at radius 2 is 1.68 bits per heavy atom. The first-order valence-corrected chi connectivity index (χ1v) is 8.42. The number of hydrogen-bond donors (Lipinski definition) is 3. The molecule has 2 aromatic rings. The minimum atomic E-state index is -1.31. The molecule has 25 heavy (non-hydrogen) atoms. The number of carbonyl (C=O) groups excluding carboxylic acids is 2. The lowest BCUT2D eigenvalue weighted by Crippen LogP contribution is -2.44. The van der Waals surface area contributed by atoms with E-state index in [0.717, 1.165) is 19.3 Å². The predicted molar refractivity (Wildman–Crippen MR) is 95.3 cm³/mol. The Labute approximate surface area is 146 Å². The van der Waals surface area contributed by atoms with Crippen LogP contribution in [-0.2, 0) is 4.79 Å². The van der Waals surface area contributed by atoms with Crippen LogP contribution in [-0.4, -0.2) is 27.5 Å². The topological polar surface area (TPSA) is 91.3 Å². The summed E-state index contributed by atoms with van der Waals surface area (Å²) in [5.74, 6) is -0.683. The van der Waals surface area contributed by atoms with Gasteiger partial charge in [0.2, 0.25) is 0 Å². The van der Waals surface area contributed by atoms with E-state index in [-0.39, 0.29) is 5.91 Å². The molecule has 0 unspecified atom stereocenters. The predicted octanol–water partition coefficient (Wildman–Crippen LogP) is 2.97. The van der Waals surface area contributed by atoms with Crippen molar-refractivity contribution in [2.24, 2.45) is 0 Å². The van der Waals surface area contributed by atoms with Crippen molar-refractivity contribution in [2.75, 3.05) is 10.6 Å². The number of benzene rings is 1. The molecule has 1 aliphatic carbocycles. The number of hydrogen-bond acceptors (Lipinski definition) is 4. The van der Waals surface area contributed by atoms with E-state index < -0.39 is 11.5 Å². The zero-order valence-electron chi connectivity index (χ0n) is 13.9. The second-order valence-corrected chi connectivity index (χ2v) is 6.32. The van der Waals surface area contributed by atoms with Gasteiger partial charge in [-0.25, -0.2) is 0 Å². The Bertz CT molecular complexity index is 756. The maximum atomic E-state index is 12.4. The zero-order valence-corrected chi connectivity index (χ0v) is 13.9. The van der Waals surface area contributed by atoms with E-state index in [0.29, 0.717) is 29.8 Å². The summed E-state index contributed by atoms with van der Waals surface area (Å²) in [6.45, 7) is 0. The zero-order chi connectivity index (χ0) is 17.7. The minimum Gasteiger partial charge on any atom is -0.380 e. The van der Waals surface area contributed by atoms with E-state index in [1.54, 1.807) is 48.8 Å². The minimum absolute atomic E-state index is 0.279. The monoisotopic (exact) mass is 339 g/mol. The summed E-state index contributed by atoms with van der Waals surface area (Å²) in [5.41, 5.74) is 0.246. The first-order valence-electron chi connectivity index (χ1n) is 8.42. The third-order valence-corrected chi connectivity index (χ3v) is 4.42. The Hall–Kier alpha value is -2.73. The fraction of sp³-hybridized carbons (Fsp3) is 0.316. The Morgan fingerprint density at radius 1 is 0.960 bits per heavy atom. The van der Waals surface area contributed by atoms with Crippen LogP contribution in [0.3, 0.4) is 0 Å². The summed E-state index contributed by atoms with van der Waals surface area (Å²) >= 11 is 0. The third-order valence-electron chi connectivity index (χ3n) is 4.42. The molecule has 2 amide bonds. The second kappa shape index (κ2) is 7.44. The number of nitrogens with one attached hydrogen (secondary N) is 2. The first-order chi connectivity index (χ1) is 12.1. The van der Waals surface area contributed by atoms with Crippen LogP contribution in [0, 0.1) is 0 Å². The number of rotatable bonds is 4. The van der Waals surface area contributed by atoms with Crippen LogP contribution < -0.4 is 10.6 Å². The average Bonchev–Trinajstić information content (AvgIpc) is 2.63. The van der Waals surface area contributed by atoms with E-state index in [9.17, 15) is 14.7 Å². The van der Waals surface area contributed by atoms with Crippen molar-refractivity contribution in [1.29, 1.82) is 0 Å². The Kier molecular flexibility index (Phi) is 5.09. The van der Waals surface area contributed by atoms with E-state index in [1.807, 2.05) is 0 Å². The van der Waals surface area contributed by atoms with Crippen LogP contribution in [0.1, 0.15) is 42.5 Å². The third kappa shape index (κ3) is 4.22. The number of carbonyl (C=O) groups is 2. The Morgan fingerprint density at radius 3 is 2.40 bits per heavy atom.